The quantitative estimate of drug-likeness (QED) is 0.606. The van der Waals surface area contributed by atoms with Gasteiger partial charge in [-0.3, -0.25) is 10.1 Å². The molecule has 1 heterocycles. The fourth-order valence-corrected chi connectivity index (χ4v) is 1.71. The van der Waals surface area contributed by atoms with E-state index >= 15 is 0 Å². The number of pyridine rings is 1. The molecule has 1 atom stereocenters. The number of anilines is 1. The summed E-state index contributed by atoms with van der Waals surface area (Å²) in [5.41, 5.74) is 0.820. The van der Waals surface area contributed by atoms with E-state index < -0.39 is 4.92 Å². The van der Waals surface area contributed by atoms with Crippen LogP contribution in [0.3, 0.4) is 0 Å². The maximum absolute atomic E-state index is 10.9. The Bertz CT molecular complexity index is 437. The van der Waals surface area contributed by atoms with Crippen molar-refractivity contribution in [3.63, 3.8) is 0 Å². The number of aryl methyl sites for hydroxylation is 1. The number of rotatable bonds is 7. The predicted molar refractivity (Wildman–Crippen MR) is 76.5 cm³/mol. The lowest BCUT2D eigenvalue weighted by Gasteiger charge is -2.23. The summed E-state index contributed by atoms with van der Waals surface area (Å²) < 4.78 is 0. The Labute approximate surface area is 114 Å². The molecule has 0 saturated heterocycles. The fraction of sp³-hybridized carbons (Fsp3) is 0.615. The Hall–Kier alpha value is -1.69. The van der Waals surface area contributed by atoms with E-state index in [1.165, 1.54) is 6.07 Å². The summed E-state index contributed by atoms with van der Waals surface area (Å²) in [7, 11) is 2.05. The van der Waals surface area contributed by atoms with Crippen LogP contribution in [0.25, 0.3) is 0 Å². The first-order valence-electron chi connectivity index (χ1n) is 6.50. The first kappa shape index (κ1) is 15.4. The highest BCUT2D eigenvalue weighted by Gasteiger charge is 2.15. The molecule has 1 N–H and O–H groups in total. The monoisotopic (exact) mass is 266 g/mol. The number of hydrogen-bond acceptors (Lipinski definition) is 5. The van der Waals surface area contributed by atoms with Crippen molar-refractivity contribution in [2.45, 2.75) is 33.2 Å². The largest absolute Gasteiger partial charge is 0.363 e. The molecule has 0 bridgehead atoms. The zero-order valence-electron chi connectivity index (χ0n) is 12.0. The third kappa shape index (κ3) is 4.48. The zero-order valence-corrected chi connectivity index (χ0v) is 12.0. The molecule has 0 spiro atoms. The highest BCUT2D eigenvalue weighted by atomic mass is 16.6. The third-order valence-corrected chi connectivity index (χ3v) is 3.30. The van der Waals surface area contributed by atoms with Crippen molar-refractivity contribution in [1.82, 2.24) is 9.88 Å². The van der Waals surface area contributed by atoms with Gasteiger partial charge in [0.05, 0.1) is 4.92 Å². The van der Waals surface area contributed by atoms with Crippen LogP contribution in [0, 0.1) is 17.0 Å². The normalized spacial score (nSPS) is 12.5. The Kier molecular flexibility index (Phi) is 5.69. The summed E-state index contributed by atoms with van der Waals surface area (Å²) in [6.07, 6.45) is 2.72. The van der Waals surface area contributed by atoms with Gasteiger partial charge in [-0.15, -0.1) is 0 Å². The molecule has 0 radical (unpaired) electrons. The minimum atomic E-state index is -0.402. The summed E-state index contributed by atoms with van der Waals surface area (Å²) in [5.74, 6) is 0.341. The molecule has 0 aliphatic heterocycles. The third-order valence-electron chi connectivity index (χ3n) is 3.30. The molecule has 0 amide bonds. The molecule has 0 aliphatic carbocycles. The van der Waals surface area contributed by atoms with Gasteiger partial charge in [0.25, 0.3) is 0 Å². The maximum atomic E-state index is 10.9. The first-order valence-corrected chi connectivity index (χ1v) is 6.50. The topological polar surface area (TPSA) is 71.3 Å². The van der Waals surface area contributed by atoms with Crippen molar-refractivity contribution in [3.8, 4) is 0 Å². The molecule has 0 aliphatic rings. The highest BCUT2D eigenvalue weighted by Crippen LogP contribution is 2.22. The van der Waals surface area contributed by atoms with Gasteiger partial charge in [0.15, 0.2) is 0 Å². The molecule has 1 unspecified atom stereocenters. The van der Waals surface area contributed by atoms with E-state index in [-0.39, 0.29) is 5.69 Å². The van der Waals surface area contributed by atoms with Crippen LogP contribution in [0.5, 0.6) is 0 Å². The van der Waals surface area contributed by atoms with Crippen LogP contribution in [0.4, 0.5) is 11.5 Å². The fourth-order valence-electron chi connectivity index (χ4n) is 1.71. The van der Waals surface area contributed by atoms with Gasteiger partial charge in [-0.1, -0.05) is 6.92 Å². The lowest BCUT2D eigenvalue weighted by molar-refractivity contribution is -0.384. The molecule has 0 aromatic carbocycles. The molecule has 0 saturated carbocycles. The van der Waals surface area contributed by atoms with E-state index in [1.54, 1.807) is 13.1 Å². The van der Waals surface area contributed by atoms with Crippen LogP contribution in [0.1, 0.15) is 25.8 Å². The summed E-state index contributed by atoms with van der Waals surface area (Å²) in [5, 5.41) is 14.0. The standard InChI is InChI=1S/C13H22N4O2/c1-5-11(3)16(4)7-6-14-13-12(17(18)19)8-10(2)9-15-13/h8-9,11H,5-7H2,1-4H3,(H,14,15). The number of aromatic nitrogens is 1. The summed E-state index contributed by atoms with van der Waals surface area (Å²) in [6.45, 7) is 7.55. The van der Waals surface area contributed by atoms with Gasteiger partial charge in [-0.25, -0.2) is 4.98 Å². The van der Waals surface area contributed by atoms with Gasteiger partial charge in [-0.05, 0) is 32.9 Å². The van der Waals surface area contributed by atoms with Crippen molar-refractivity contribution in [2.24, 2.45) is 0 Å². The predicted octanol–water partition coefficient (Wildman–Crippen LogP) is 2.44. The van der Waals surface area contributed by atoms with E-state index in [0.29, 0.717) is 18.4 Å². The number of likely N-dealkylation sites (N-methyl/N-ethyl adjacent to an activating group) is 1. The second-order valence-electron chi connectivity index (χ2n) is 4.80. The molecule has 1 rings (SSSR count). The summed E-state index contributed by atoms with van der Waals surface area (Å²) >= 11 is 0. The molecule has 106 valence electrons. The molecule has 6 nitrogen and oxygen atoms in total. The molecule has 0 fully saturated rings. The number of nitro groups is 1. The smallest absolute Gasteiger partial charge is 0.311 e. The number of nitrogens with one attached hydrogen (secondary N) is 1. The van der Waals surface area contributed by atoms with Crippen LogP contribution in [0.2, 0.25) is 0 Å². The first-order chi connectivity index (χ1) is 8.95. The molecule has 1 aromatic heterocycles. The second-order valence-corrected chi connectivity index (χ2v) is 4.80. The van der Waals surface area contributed by atoms with Gasteiger partial charge < -0.3 is 10.2 Å². The van der Waals surface area contributed by atoms with Crippen molar-refractivity contribution in [3.05, 3.63) is 27.9 Å². The zero-order chi connectivity index (χ0) is 14.4. The van der Waals surface area contributed by atoms with E-state index in [1.807, 2.05) is 7.05 Å². The van der Waals surface area contributed by atoms with Gasteiger partial charge in [0.2, 0.25) is 5.82 Å². The lowest BCUT2D eigenvalue weighted by atomic mass is 10.2. The van der Waals surface area contributed by atoms with Crippen molar-refractivity contribution in [2.75, 3.05) is 25.5 Å². The van der Waals surface area contributed by atoms with Crippen molar-refractivity contribution >= 4 is 11.5 Å². The minimum absolute atomic E-state index is 0.0335. The minimum Gasteiger partial charge on any atom is -0.363 e. The van der Waals surface area contributed by atoms with Crippen molar-refractivity contribution in [1.29, 1.82) is 0 Å². The molecule has 6 heteroatoms. The lowest BCUT2D eigenvalue weighted by Crippen LogP contribution is -2.32. The average molecular weight is 266 g/mol. The Morgan fingerprint density at radius 1 is 1.58 bits per heavy atom. The van der Waals surface area contributed by atoms with E-state index in [4.69, 9.17) is 0 Å². The van der Waals surface area contributed by atoms with Crippen LogP contribution in [-0.2, 0) is 0 Å². The van der Waals surface area contributed by atoms with Gasteiger partial charge in [0, 0.05) is 31.4 Å². The van der Waals surface area contributed by atoms with Crippen LogP contribution in [-0.4, -0.2) is 41.0 Å². The van der Waals surface area contributed by atoms with Gasteiger partial charge in [-0.2, -0.15) is 0 Å². The summed E-state index contributed by atoms with van der Waals surface area (Å²) in [6, 6.07) is 2.04. The van der Waals surface area contributed by atoms with Crippen molar-refractivity contribution < 1.29 is 4.92 Å². The molecular formula is C13H22N4O2. The SMILES string of the molecule is CCC(C)N(C)CCNc1ncc(C)cc1[N+](=O)[O-]. The van der Waals surface area contributed by atoms with Gasteiger partial charge in [0.1, 0.15) is 0 Å². The van der Waals surface area contributed by atoms with E-state index in [2.05, 4.69) is 29.0 Å². The molecular weight excluding hydrogens is 244 g/mol. The Morgan fingerprint density at radius 2 is 2.26 bits per heavy atom. The Balaban J connectivity index is 2.61. The van der Waals surface area contributed by atoms with Crippen LogP contribution in [0.15, 0.2) is 12.3 Å². The highest BCUT2D eigenvalue weighted by molar-refractivity contribution is 5.56. The van der Waals surface area contributed by atoms with Crippen LogP contribution >= 0.6 is 0 Å². The van der Waals surface area contributed by atoms with Crippen LogP contribution < -0.4 is 5.32 Å². The number of hydrogen-bond donors (Lipinski definition) is 1. The average Bonchev–Trinajstić information content (AvgIpc) is 2.38. The molecule has 19 heavy (non-hydrogen) atoms. The Morgan fingerprint density at radius 3 is 2.84 bits per heavy atom. The maximum Gasteiger partial charge on any atom is 0.311 e. The second kappa shape index (κ2) is 7.04. The van der Waals surface area contributed by atoms with Gasteiger partial charge >= 0.3 is 5.69 Å². The van der Waals surface area contributed by atoms with E-state index in [9.17, 15) is 10.1 Å². The summed E-state index contributed by atoms with van der Waals surface area (Å²) in [4.78, 5) is 16.8. The van der Waals surface area contributed by atoms with E-state index in [0.717, 1.165) is 18.5 Å². The number of nitrogens with zero attached hydrogens (tertiary/aromatic N) is 3. The molecule has 1 aromatic rings.